The van der Waals surface area contributed by atoms with Crippen LogP contribution in [0.25, 0.3) is 11.5 Å². The predicted octanol–water partition coefficient (Wildman–Crippen LogP) is 3.10. The van der Waals surface area contributed by atoms with Crippen molar-refractivity contribution >= 4 is 10.0 Å². The van der Waals surface area contributed by atoms with E-state index in [0.29, 0.717) is 17.0 Å². The summed E-state index contributed by atoms with van der Waals surface area (Å²) in [6.45, 7) is 0.139. The molecule has 5 nitrogen and oxygen atoms in total. The Morgan fingerprint density at radius 3 is 2.58 bits per heavy atom. The van der Waals surface area contributed by atoms with Crippen molar-refractivity contribution in [3.05, 3.63) is 77.9 Å². The Labute approximate surface area is 139 Å². The van der Waals surface area contributed by atoms with Gasteiger partial charge in [-0.1, -0.05) is 12.1 Å². The smallest absolute Gasteiger partial charge is 0.216 e. The lowest BCUT2D eigenvalue weighted by molar-refractivity contribution is 0.579. The van der Waals surface area contributed by atoms with Gasteiger partial charge in [0.15, 0.2) is 5.76 Å². The summed E-state index contributed by atoms with van der Waals surface area (Å²) in [7, 11) is -3.53. The van der Waals surface area contributed by atoms with Crippen LogP contribution < -0.4 is 4.72 Å². The molecule has 24 heavy (non-hydrogen) atoms. The standard InChI is InChI=1S/C17H15FN2O3S/c18-15-5-3-13(4-6-15)12-24(21,22)20-11-14-7-8-19-16(10-14)17-2-1-9-23-17/h1-10,20H,11-12H2. The molecule has 0 saturated carbocycles. The largest absolute Gasteiger partial charge is 0.463 e. The number of nitrogens with zero attached hydrogens (tertiary/aromatic N) is 1. The third kappa shape index (κ3) is 4.27. The molecule has 0 aliphatic heterocycles. The van der Waals surface area contributed by atoms with Gasteiger partial charge in [0.25, 0.3) is 0 Å². The van der Waals surface area contributed by atoms with Crippen molar-refractivity contribution in [2.45, 2.75) is 12.3 Å². The molecule has 0 aliphatic carbocycles. The summed E-state index contributed by atoms with van der Waals surface area (Å²) in [6, 6.07) is 12.4. The summed E-state index contributed by atoms with van der Waals surface area (Å²) in [6.07, 6.45) is 3.15. The lowest BCUT2D eigenvalue weighted by atomic mass is 10.2. The normalized spacial score (nSPS) is 11.5. The fourth-order valence-corrected chi connectivity index (χ4v) is 3.31. The van der Waals surface area contributed by atoms with Gasteiger partial charge in [0.05, 0.1) is 12.0 Å². The Hall–Kier alpha value is -2.51. The Balaban J connectivity index is 1.66. The van der Waals surface area contributed by atoms with Crippen LogP contribution in [0, 0.1) is 5.82 Å². The van der Waals surface area contributed by atoms with E-state index >= 15 is 0 Å². The maximum Gasteiger partial charge on any atom is 0.216 e. The van der Waals surface area contributed by atoms with Crippen LogP contribution in [-0.2, 0) is 22.3 Å². The average molecular weight is 346 g/mol. The summed E-state index contributed by atoms with van der Waals surface area (Å²) in [5.74, 6) is 0.0148. The zero-order valence-corrected chi connectivity index (χ0v) is 13.5. The summed E-state index contributed by atoms with van der Waals surface area (Å²) < 4.78 is 44.9. The maximum absolute atomic E-state index is 12.9. The molecule has 1 N–H and O–H groups in total. The fraction of sp³-hybridized carbons (Fsp3) is 0.118. The van der Waals surface area contributed by atoms with E-state index in [1.54, 1.807) is 36.7 Å². The van der Waals surface area contributed by atoms with Crippen LogP contribution in [0.5, 0.6) is 0 Å². The number of hydrogen-bond donors (Lipinski definition) is 1. The second-order valence-corrected chi connectivity index (χ2v) is 7.04. The average Bonchev–Trinajstić information content (AvgIpc) is 3.10. The lowest BCUT2D eigenvalue weighted by Crippen LogP contribution is -2.24. The highest BCUT2D eigenvalue weighted by Crippen LogP contribution is 2.18. The predicted molar refractivity (Wildman–Crippen MR) is 87.8 cm³/mol. The molecule has 7 heteroatoms. The third-order valence-electron chi connectivity index (χ3n) is 3.36. The molecule has 2 heterocycles. The van der Waals surface area contributed by atoms with E-state index in [2.05, 4.69) is 9.71 Å². The van der Waals surface area contributed by atoms with Crippen LogP contribution in [0.1, 0.15) is 11.1 Å². The number of rotatable bonds is 6. The summed E-state index contributed by atoms with van der Waals surface area (Å²) >= 11 is 0. The number of hydrogen-bond acceptors (Lipinski definition) is 4. The number of benzene rings is 1. The number of pyridine rings is 1. The van der Waals surface area contributed by atoms with Crippen molar-refractivity contribution in [1.82, 2.24) is 9.71 Å². The molecule has 3 aromatic rings. The molecule has 2 aromatic heterocycles. The van der Waals surface area contributed by atoms with Crippen LogP contribution in [0.3, 0.4) is 0 Å². The van der Waals surface area contributed by atoms with Gasteiger partial charge < -0.3 is 4.42 Å². The second kappa shape index (κ2) is 6.94. The van der Waals surface area contributed by atoms with E-state index in [1.165, 1.54) is 24.3 Å². The minimum Gasteiger partial charge on any atom is -0.463 e. The van der Waals surface area contributed by atoms with E-state index in [1.807, 2.05) is 0 Å². The highest BCUT2D eigenvalue weighted by Gasteiger charge is 2.12. The first kappa shape index (κ1) is 16.4. The summed E-state index contributed by atoms with van der Waals surface area (Å²) in [5, 5.41) is 0. The molecule has 0 bridgehead atoms. The van der Waals surface area contributed by atoms with E-state index in [0.717, 1.165) is 5.56 Å². The molecule has 0 atom stereocenters. The van der Waals surface area contributed by atoms with Crippen LogP contribution in [-0.4, -0.2) is 13.4 Å². The van der Waals surface area contributed by atoms with Crippen LogP contribution in [0.2, 0.25) is 0 Å². The van der Waals surface area contributed by atoms with Crippen molar-refractivity contribution in [3.63, 3.8) is 0 Å². The van der Waals surface area contributed by atoms with Gasteiger partial charge in [-0.25, -0.2) is 17.5 Å². The highest BCUT2D eigenvalue weighted by atomic mass is 32.2. The quantitative estimate of drug-likeness (QED) is 0.744. The van der Waals surface area contributed by atoms with Gasteiger partial charge in [-0.3, -0.25) is 4.98 Å². The Kier molecular flexibility index (Phi) is 4.73. The Morgan fingerprint density at radius 2 is 1.88 bits per heavy atom. The molecule has 124 valence electrons. The van der Waals surface area contributed by atoms with Crippen LogP contribution in [0.4, 0.5) is 4.39 Å². The zero-order chi connectivity index (χ0) is 17.0. The van der Waals surface area contributed by atoms with E-state index in [9.17, 15) is 12.8 Å². The molecule has 1 aromatic carbocycles. The number of sulfonamides is 1. The van der Waals surface area contributed by atoms with Gasteiger partial charge in [-0.05, 0) is 47.5 Å². The van der Waals surface area contributed by atoms with Crippen LogP contribution in [0.15, 0.2) is 65.4 Å². The topological polar surface area (TPSA) is 72.2 Å². The Morgan fingerprint density at radius 1 is 1.08 bits per heavy atom. The number of furan rings is 1. The molecular formula is C17H15FN2O3S. The Bertz CT molecular complexity index is 907. The van der Waals surface area contributed by atoms with Crippen LogP contribution >= 0.6 is 0 Å². The summed E-state index contributed by atoms with van der Waals surface area (Å²) in [4.78, 5) is 4.20. The maximum atomic E-state index is 12.9. The van der Waals surface area contributed by atoms with E-state index in [-0.39, 0.29) is 12.3 Å². The van der Waals surface area contributed by atoms with Crippen molar-refractivity contribution < 1.29 is 17.2 Å². The van der Waals surface area contributed by atoms with E-state index < -0.39 is 15.8 Å². The minimum atomic E-state index is -3.53. The third-order valence-corrected chi connectivity index (χ3v) is 4.66. The first-order chi connectivity index (χ1) is 11.5. The minimum absolute atomic E-state index is 0.139. The monoisotopic (exact) mass is 346 g/mol. The zero-order valence-electron chi connectivity index (χ0n) is 12.6. The van der Waals surface area contributed by atoms with Gasteiger partial charge in [0, 0.05) is 12.7 Å². The number of nitrogens with one attached hydrogen (secondary N) is 1. The summed E-state index contributed by atoms with van der Waals surface area (Å²) in [5.41, 5.74) is 1.92. The molecule has 0 fully saturated rings. The molecule has 0 radical (unpaired) electrons. The molecule has 0 amide bonds. The molecular weight excluding hydrogens is 331 g/mol. The molecule has 0 unspecified atom stereocenters. The number of halogens is 1. The SMILES string of the molecule is O=S(=O)(Cc1ccc(F)cc1)NCc1ccnc(-c2ccco2)c1. The van der Waals surface area contributed by atoms with Gasteiger partial charge in [-0.15, -0.1) is 0 Å². The molecule has 0 spiro atoms. The van der Waals surface area contributed by atoms with Crippen molar-refractivity contribution in [2.24, 2.45) is 0 Å². The van der Waals surface area contributed by atoms with Crippen molar-refractivity contribution in [2.75, 3.05) is 0 Å². The number of aromatic nitrogens is 1. The van der Waals surface area contributed by atoms with Gasteiger partial charge in [-0.2, -0.15) is 0 Å². The molecule has 3 rings (SSSR count). The fourth-order valence-electron chi connectivity index (χ4n) is 2.19. The first-order valence-corrected chi connectivity index (χ1v) is 8.88. The van der Waals surface area contributed by atoms with Gasteiger partial charge >= 0.3 is 0 Å². The first-order valence-electron chi connectivity index (χ1n) is 7.22. The van der Waals surface area contributed by atoms with Gasteiger partial charge in [0.1, 0.15) is 11.5 Å². The van der Waals surface area contributed by atoms with Crippen molar-refractivity contribution in [3.8, 4) is 11.5 Å². The highest BCUT2D eigenvalue weighted by molar-refractivity contribution is 7.88. The van der Waals surface area contributed by atoms with Gasteiger partial charge in [0.2, 0.25) is 10.0 Å². The second-order valence-electron chi connectivity index (χ2n) is 5.23. The van der Waals surface area contributed by atoms with E-state index in [4.69, 9.17) is 4.42 Å². The molecule has 0 aliphatic rings. The molecule has 0 saturated heterocycles. The van der Waals surface area contributed by atoms with Crippen molar-refractivity contribution in [1.29, 1.82) is 0 Å². The lowest BCUT2D eigenvalue weighted by Gasteiger charge is -2.08.